The number of carbonyl (C=O) groups is 1. The molecule has 0 radical (unpaired) electrons. The van der Waals surface area contributed by atoms with Gasteiger partial charge in [-0.1, -0.05) is 18.2 Å². The molecule has 4 rings (SSSR count). The summed E-state index contributed by atoms with van der Waals surface area (Å²) in [6, 6.07) is 11.8. The van der Waals surface area contributed by atoms with Gasteiger partial charge in [0.1, 0.15) is 24.2 Å². The molecule has 1 atom stereocenters. The Morgan fingerprint density at radius 2 is 2.00 bits per heavy atom. The van der Waals surface area contributed by atoms with Crippen molar-refractivity contribution in [1.29, 1.82) is 0 Å². The van der Waals surface area contributed by atoms with Crippen molar-refractivity contribution < 1.29 is 14.3 Å². The Morgan fingerprint density at radius 1 is 1.16 bits per heavy atom. The standard InChI is InChI=1S/C20H22N2O3/c23-20(16-12-15-4-1-2-6-19(15)24-14-16)22-10-7-17(8-11-22)25-18-5-3-9-21-13-18/h1-6,9,13,16-17H,7-8,10-12,14H2. The summed E-state index contributed by atoms with van der Waals surface area (Å²) in [6.07, 6.45) is 6.08. The molecule has 0 bridgehead atoms. The number of para-hydroxylation sites is 1. The first-order chi connectivity index (χ1) is 12.3. The Morgan fingerprint density at radius 3 is 2.80 bits per heavy atom. The van der Waals surface area contributed by atoms with E-state index in [-0.39, 0.29) is 17.9 Å². The molecule has 3 heterocycles. The molecule has 2 aliphatic rings. The highest BCUT2D eigenvalue weighted by Gasteiger charge is 2.32. The molecule has 1 fully saturated rings. The van der Waals surface area contributed by atoms with Crippen molar-refractivity contribution in [2.45, 2.75) is 25.4 Å². The number of nitrogens with zero attached hydrogens (tertiary/aromatic N) is 2. The predicted octanol–water partition coefficient (Wildman–Crippen LogP) is 2.70. The van der Waals surface area contributed by atoms with E-state index in [1.54, 1.807) is 12.4 Å². The summed E-state index contributed by atoms with van der Waals surface area (Å²) in [5.41, 5.74) is 1.13. The highest BCUT2D eigenvalue weighted by Crippen LogP contribution is 2.28. The Bertz CT molecular complexity index is 727. The lowest BCUT2D eigenvalue weighted by molar-refractivity contribution is -0.138. The highest BCUT2D eigenvalue weighted by atomic mass is 16.5. The molecule has 5 nitrogen and oxygen atoms in total. The molecule has 1 aromatic heterocycles. The van der Waals surface area contributed by atoms with E-state index < -0.39 is 0 Å². The highest BCUT2D eigenvalue weighted by molar-refractivity contribution is 5.80. The molecule has 2 aliphatic heterocycles. The van der Waals surface area contributed by atoms with Gasteiger partial charge in [-0.2, -0.15) is 0 Å². The van der Waals surface area contributed by atoms with E-state index in [0.29, 0.717) is 6.61 Å². The van der Waals surface area contributed by atoms with Crippen molar-refractivity contribution >= 4 is 5.91 Å². The number of amides is 1. The summed E-state index contributed by atoms with van der Waals surface area (Å²) in [6.45, 7) is 1.95. The number of aromatic nitrogens is 1. The number of fused-ring (bicyclic) bond motifs is 1. The average molecular weight is 338 g/mol. The van der Waals surface area contributed by atoms with Crippen LogP contribution in [0.15, 0.2) is 48.8 Å². The third-order valence-corrected chi connectivity index (χ3v) is 4.92. The number of pyridine rings is 1. The van der Waals surface area contributed by atoms with Crippen LogP contribution in [0.2, 0.25) is 0 Å². The molecule has 0 N–H and O–H groups in total. The zero-order valence-corrected chi connectivity index (χ0v) is 14.1. The molecule has 130 valence electrons. The lowest BCUT2D eigenvalue weighted by Gasteiger charge is -2.35. The summed E-state index contributed by atoms with van der Waals surface area (Å²) in [4.78, 5) is 18.9. The monoisotopic (exact) mass is 338 g/mol. The Labute approximate surface area is 147 Å². The molecule has 5 heteroatoms. The number of benzene rings is 1. The van der Waals surface area contributed by atoms with E-state index >= 15 is 0 Å². The first-order valence-corrected chi connectivity index (χ1v) is 8.86. The van der Waals surface area contributed by atoms with Crippen molar-refractivity contribution in [3.05, 3.63) is 54.4 Å². The van der Waals surface area contributed by atoms with Crippen LogP contribution in [0.3, 0.4) is 0 Å². The molecular weight excluding hydrogens is 316 g/mol. The largest absolute Gasteiger partial charge is 0.492 e. The number of likely N-dealkylation sites (tertiary alicyclic amines) is 1. The van der Waals surface area contributed by atoms with E-state index in [1.807, 2.05) is 41.3 Å². The van der Waals surface area contributed by atoms with Crippen LogP contribution in [-0.4, -0.2) is 41.6 Å². The minimum Gasteiger partial charge on any atom is -0.492 e. The molecule has 1 unspecified atom stereocenters. The van der Waals surface area contributed by atoms with Crippen molar-refractivity contribution in [3.8, 4) is 11.5 Å². The van der Waals surface area contributed by atoms with Crippen LogP contribution in [0.4, 0.5) is 0 Å². The first-order valence-electron chi connectivity index (χ1n) is 8.86. The third-order valence-electron chi connectivity index (χ3n) is 4.92. The molecule has 25 heavy (non-hydrogen) atoms. The lowest BCUT2D eigenvalue weighted by atomic mass is 9.94. The van der Waals surface area contributed by atoms with Crippen molar-refractivity contribution in [1.82, 2.24) is 9.88 Å². The second-order valence-corrected chi connectivity index (χ2v) is 6.65. The molecular formula is C20H22N2O3. The quantitative estimate of drug-likeness (QED) is 0.863. The maximum absolute atomic E-state index is 12.8. The van der Waals surface area contributed by atoms with E-state index in [4.69, 9.17) is 9.47 Å². The van der Waals surface area contributed by atoms with Crippen molar-refractivity contribution in [2.24, 2.45) is 5.92 Å². The molecule has 0 saturated carbocycles. The lowest BCUT2D eigenvalue weighted by Crippen LogP contribution is -2.46. The van der Waals surface area contributed by atoms with E-state index in [0.717, 1.165) is 49.4 Å². The van der Waals surface area contributed by atoms with E-state index in [2.05, 4.69) is 4.98 Å². The number of rotatable bonds is 3. The van der Waals surface area contributed by atoms with Gasteiger partial charge < -0.3 is 14.4 Å². The minimum absolute atomic E-state index is 0.0781. The number of piperidine rings is 1. The fraction of sp³-hybridized carbons (Fsp3) is 0.400. The molecule has 1 saturated heterocycles. The average Bonchev–Trinajstić information content (AvgIpc) is 2.68. The van der Waals surface area contributed by atoms with E-state index in [9.17, 15) is 4.79 Å². The zero-order chi connectivity index (χ0) is 17.1. The summed E-state index contributed by atoms with van der Waals surface area (Å²) < 4.78 is 11.7. The van der Waals surface area contributed by atoms with Crippen LogP contribution < -0.4 is 9.47 Å². The van der Waals surface area contributed by atoms with Crippen LogP contribution in [0, 0.1) is 5.92 Å². The van der Waals surface area contributed by atoms with E-state index in [1.165, 1.54) is 0 Å². The SMILES string of the molecule is O=C(C1COc2ccccc2C1)N1CCC(Oc2cccnc2)CC1. The van der Waals surface area contributed by atoms with Gasteiger partial charge in [-0.25, -0.2) is 0 Å². The molecule has 1 amide bonds. The van der Waals surface area contributed by atoms with Crippen LogP contribution in [0.5, 0.6) is 11.5 Å². The zero-order valence-electron chi connectivity index (χ0n) is 14.1. The van der Waals surface area contributed by atoms with Gasteiger partial charge in [-0.15, -0.1) is 0 Å². The van der Waals surface area contributed by atoms with Gasteiger partial charge >= 0.3 is 0 Å². The topological polar surface area (TPSA) is 51.7 Å². The van der Waals surface area contributed by atoms with Crippen molar-refractivity contribution in [3.63, 3.8) is 0 Å². The summed E-state index contributed by atoms with van der Waals surface area (Å²) in [5, 5.41) is 0. The number of ether oxygens (including phenoxy) is 2. The third kappa shape index (κ3) is 3.60. The van der Waals surface area contributed by atoms with Gasteiger partial charge in [0.15, 0.2) is 0 Å². The predicted molar refractivity (Wildman–Crippen MR) is 93.6 cm³/mol. The summed E-state index contributed by atoms with van der Waals surface area (Å²) in [7, 11) is 0. The maximum Gasteiger partial charge on any atom is 0.229 e. The van der Waals surface area contributed by atoms with Gasteiger partial charge in [0.25, 0.3) is 0 Å². The Hall–Kier alpha value is -2.56. The molecule has 2 aromatic rings. The fourth-order valence-electron chi connectivity index (χ4n) is 3.55. The fourth-order valence-corrected chi connectivity index (χ4v) is 3.55. The normalized spacial score (nSPS) is 20.5. The number of hydrogen-bond acceptors (Lipinski definition) is 4. The van der Waals surface area contributed by atoms with Crippen LogP contribution >= 0.6 is 0 Å². The van der Waals surface area contributed by atoms with Crippen molar-refractivity contribution in [2.75, 3.05) is 19.7 Å². The Kier molecular flexibility index (Phi) is 4.55. The maximum atomic E-state index is 12.8. The van der Waals surface area contributed by atoms with Gasteiger partial charge in [-0.3, -0.25) is 9.78 Å². The number of hydrogen-bond donors (Lipinski definition) is 0. The van der Waals surface area contributed by atoms with Crippen LogP contribution in [0.25, 0.3) is 0 Å². The minimum atomic E-state index is -0.0781. The molecule has 0 aliphatic carbocycles. The van der Waals surface area contributed by atoms with Gasteiger partial charge in [0.05, 0.1) is 12.1 Å². The first kappa shape index (κ1) is 15.9. The molecule has 0 spiro atoms. The van der Waals surface area contributed by atoms with Gasteiger partial charge in [0, 0.05) is 32.1 Å². The molecule has 1 aromatic carbocycles. The summed E-state index contributed by atoms with van der Waals surface area (Å²) >= 11 is 0. The van der Waals surface area contributed by atoms with Gasteiger partial charge in [-0.05, 0) is 30.2 Å². The van der Waals surface area contributed by atoms with Gasteiger partial charge in [0.2, 0.25) is 5.91 Å². The van der Waals surface area contributed by atoms with Crippen LogP contribution in [0.1, 0.15) is 18.4 Å². The van der Waals surface area contributed by atoms with Crippen LogP contribution in [-0.2, 0) is 11.2 Å². The second kappa shape index (κ2) is 7.13. The Balaban J connectivity index is 1.31. The summed E-state index contributed by atoms with van der Waals surface area (Å²) in [5.74, 6) is 1.83. The number of carbonyl (C=O) groups excluding carboxylic acids is 1. The smallest absolute Gasteiger partial charge is 0.229 e. The second-order valence-electron chi connectivity index (χ2n) is 6.65.